The molecule has 0 aliphatic carbocycles. The summed E-state index contributed by atoms with van der Waals surface area (Å²) in [6.45, 7) is 2.18. The van der Waals surface area contributed by atoms with Crippen molar-refractivity contribution in [2.45, 2.75) is 6.42 Å². The fourth-order valence-electron chi connectivity index (χ4n) is 2.05. The summed E-state index contributed by atoms with van der Waals surface area (Å²) in [5.74, 6) is 0. The molecule has 1 N–H and O–H groups in total. The molecule has 15 heavy (non-hydrogen) atoms. The van der Waals surface area contributed by atoms with E-state index in [1.165, 1.54) is 16.7 Å². The van der Waals surface area contributed by atoms with Gasteiger partial charge < -0.3 is 10.0 Å². The van der Waals surface area contributed by atoms with Crippen LogP contribution in [0.3, 0.4) is 0 Å². The van der Waals surface area contributed by atoms with Crippen LogP contribution in [0.4, 0.5) is 0 Å². The first-order valence-electron chi connectivity index (χ1n) is 5.37. The van der Waals surface area contributed by atoms with Gasteiger partial charge in [0.1, 0.15) is 0 Å². The van der Waals surface area contributed by atoms with Crippen molar-refractivity contribution in [1.82, 2.24) is 4.90 Å². The standard InChI is InChI=1S/C13H17NO/c1-14-8-7-12(10-15)13(9-14)11-5-3-2-4-6-11/h2-6,15H,7-10H2,1H3. The maximum absolute atomic E-state index is 9.33. The molecule has 2 rings (SSSR count). The third-order valence-corrected chi connectivity index (χ3v) is 2.96. The monoisotopic (exact) mass is 203 g/mol. The van der Waals surface area contributed by atoms with Crippen molar-refractivity contribution in [2.75, 3.05) is 26.7 Å². The SMILES string of the molecule is CN1CCC(CO)=C(c2ccccc2)C1. The van der Waals surface area contributed by atoms with E-state index in [-0.39, 0.29) is 6.61 Å². The van der Waals surface area contributed by atoms with Gasteiger partial charge in [0.2, 0.25) is 0 Å². The quantitative estimate of drug-likeness (QED) is 0.792. The largest absolute Gasteiger partial charge is 0.392 e. The van der Waals surface area contributed by atoms with Crippen LogP contribution in [0.5, 0.6) is 0 Å². The van der Waals surface area contributed by atoms with Crippen LogP contribution in [0.25, 0.3) is 5.57 Å². The lowest BCUT2D eigenvalue weighted by Crippen LogP contribution is -2.28. The zero-order valence-corrected chi connectivity index (χ0v) is 9.11. The van der Waals surface area contributed by atoms with Gasteiger partial charge >= 0.3 is 0 Å². The second-order valence-electron chi connectivity index (χ2n) is 4.09. The maximum Gasteiger partial charge on any atom is 0.0648 e. The summed E-state index contributed by atoms with van der Waals surface area (Å²) in [7, 11) is 2.12. The number of rotatable bonds is 2. The third-order valence-electron chi connectivity index (χ3n) is 2.96. The molecule has 0 atom stereocenters. The molecule has 1 aromatic rings. The van der Waals surface area contributed by atoms with Crippen molar-refractivity contribution in [3.8, 4) is 0 Å². The van der Waals surface area contributed by atoms with Crippen molar-refractivity contribution >= 4 is 5.57 Å². The Bertz CT molecular complexity index is 356. The van der Waals surface area contributed by atoms with E-state index in [4.69, 9.17) is 0 Å². The second kappa shape index (κ2) is 4.60. The highest BCUT2D eigenvalue weighted by Gasteiger charge is 2.16. The van der Waals surface area contributed by atoms with Crippen molar-refractivity contribution in [3.63, 3.8) is 0 Å². The summed E-state index contributed by atoms with van der Waals surface area (Å²) in [4.78, 5) is 2.29. The predicted octanol–water partition coefficient (Wildman–Crippen LogP) is 1.77. The molecule has 1 aliphatic rings. The molecule has 2 nitrogen and oxygen atoms in total. The van der Waals surface area contributed by atoms with E-state index in [0.29, 0.717) is 0 Å². The Morgan fingerprint density at radius 2 is 2.00 bits per heavy atom. The summed E-state index contributed by atoms with van der Waals surface area (Å²) in [6, 6.07) is 10.3. The molecule has 2 heteroatoms. The Labute approximate surface area is 90.8 Å². The number of nitrogens with zero attached hydrogens (tertiary/aromatic N) is 1. The lowest BCUT2D eigenvalue weighted by atomic mass is 9.95. The molecule has 1 aromatic carbocycles. The van der Waals surface area contributed by atoms with Gasteiger partial charge in [0.15, 0.2) is 0 Å². The topological polar surface area (TPSA) is 23.5 Å². The van der Waals surface area contributed by atoms with Crippen LogP contribution in [0.2, 0.25) is 0 Å². The van der Waals surface area contributed by atoms with E-state index in [1.807, 2.05) is 18.2 Å². The van der Waals surface area contributed by atoms with E-state index in [0.717, 1.165) is 19.5 Å². The number of hydrogen-bond acceptors (Lipinski definition) is 2. The van der Waals surface area contributed by atoms with Gasteiger partial charge in [-0.2, -0.15) is 0 Å². The van der Waals surface area contributed by atoms with Crippen LogP contribution >= 0.6 is 0 Å². The first kappa shape index (κ1) is 10.4. The molecule has 0 amide bonds. The van der Waals surface area contributed by atoms with Crippen molar-refractivity contribution in [1.29, 1.82) is 0 Å². The molecular formula is C13H17NO. The van der Waals surface area contributed by atoms with Crippen LogP contribution < -0.4 is 0 Å². The Hall–Kier alpha value is -1.12. The van der Waals surface area contributed by atoms with Crippen molar-refractivity contribution in [2.24, 2.45) is 0 Å². The zero-order valence-electron chi connectivity index (χ0n) is 9.11. The molecule has 0 saturated heterocycles. The van der Waals surface area contributed by atoms with Gasteiger partial charge in [-0.1, -0.05) is 30.3 Å². The number of benzene rings is 1. The molecule has 0 fully saturated rings. The van der Waals surface area contributed by atoms with Gasteiger partial charge in [-0.3, -0.25) is 0 Å². The van der Waals surface area contributed by atoms with Crippen LogP contribution in [-0.2, 0) is 0 Å². The lowest BCUT2D eigenvalue weighted by molar-refractivity contribution is 0.304. The number of hydrogen-bond donors (Lipinski definition) is 1. The molecular weight excluding hydrogens is 186 g/mol. The smallest absolute Gasteiger partial charge is 0.0648 e. The van der Waals surface area contributed by atoms with Crippen LogP contribution in [0, 0.1) is 0 Å². The molecule has 80 valence electrons. The number of likely N-dealkylation sites (N-methyl/N-ethyl adjacent to an activating group) is 1. The van der Waals surface area contributed by atoms with Crippen molar-refractivity contribution in [3.05, 3.63) is 41.5 Å². The minimum absolute atomic E-state index is 0.193. The first-order chi connectivity index (χ1) is 7.31. The Morgan fingerprint density at radius 3 is 2.67 bits per heavy atom. The summed E-state index contributed by atoms with van der Waals surface area (Å²) in [5.41, 5.74) is 3.74. The highest BCUT2D eigenvalue weighted by Crippen LogP contribution is 2.25. The lowest BCUT2D eigenvalue weighted by Gasteiger charge is -2.27. The van der Waals surface area contributed by atoms with Crippen LogP contribution in [0.1, 0.15) is 12.0 Å². The molecule has 0 saturated carbocycles. The second-order valence-corrected chi connectivity index (χ2v) is 4.09. The third kappa shape index (κ3) is 2.28. The molecule has 0 bridgehead atoms. The van der Waals surface area contributed by atoms with Gasteiger partial charge in [0, 0.05) is 13.1 Å². The minimum atomic E-state index is 0.193. The summed E-state index contributed by atoms with van der Waals surface area (Å²) in [5, 5.41) is 9.33. The highest BCUT2D eigenvalue weighted by molar-refractivity contribution is 5.70. The van der Waals surface area contributed by atoms with Gasteiger partial charge in [-0.25, -0.2) is 0 Å². The van der Waals surface area contributed by atoms with Crippen molar-refractivity contribution < 1.29 is 5.11 Å². The van der Waals surface area contributed by atoms with E-state index in [1.54, 1.807) is 0 Å². The highest BCUT2D eigenvalue weighted by atomic mass is 16.3. The molecule has 0 aromatic heterocycles. The van der Waals surface area contributed by atoms with Gasteiger partial charge in [-0.05, 0) is 30.2 Å². The molecule has 0 spiro atoms. The van der Waals surface area contributed by atoms with Gasteiger partial charge in [-0.15, -0.1) is 0 Å². The zero-order chi connectivity index (χ0) is 10.7. The molecule has 0 unspecified atom stereocenters. The van der Waals surface area contributed by atoms with Crippen LogP contribution in [-0.4, -0.2) is 36.8 Å². The molecule has 1 heterocycles. The Kier molecular flexibility index (Phi) is 3.19. The van der Waals surface area contributed by atoms with E-state index in [9.17, 15) is 5.11 Å². The van der Waals surface area contributed by atoms with Gasteiger partial charge in [0.05, 0.1) is 6.61 Å². The average Bonchev–Trinajstić information content (AvgIpc) is 2.30. The fourth-order valence-corrected chi connectivity index (χ4v) is 2.05. The summed E-state index contributed by atoms with van der Waals surface area (Å²) < 4.78 is 0. The predicted molar refractivity (Wildman–Crippen MR) is 62.6 cm³/mol. The minimum Gasteiger partial charge on any atom is -0.392 e. The van der Waals surface area contributed by atoms with E-state index in [2.05, 4.69) is 24.1 Å². The molecule has 0 radical (unpaired) electrons. The Morgan fingerprint density at radius 1 is 1.27 bits per heavy atom. The fraction of sp³-hybridized carbons (Fsp3) is 0.385. The summed E-state index contributed by atoms with van der Waals surface area (Å²) >= 11 is 0. The number of aliphatic hydroxyl groups is 1. The van der Waals surface area contributed by atoms with Crippen LogP contribution in [0.15, 0.2) is 35.9 Å². The van der Waals surface area contributed by atoms with Gasteiger partial charge in [0.25, 0.3) is 0 Å². The number of aliphatic hydroxyl groups excluding tert-OH is 1. The van der Waals surface area contributed by atoms with E-state index < -0.39 is 0 Å². The first-order valence-corrected chi connectivity index (χ1v) is 5.37. The normalized spacial score (nSPS) is 18.3. The maximum atomic E-state index is 9.33. The van der Waals surface area contributed by atoms with E-state index >= 15 is 0 Å². The molecule has 1 aliphatic heterocycles. The summed E-state index contributed by atoms with van der Waals surface area (Å²) in [6.07, 6.45) is 0.983. The Balaban J connectivity index is 2.35. The average molecular weight is 203 g/mol.